The first-order valence-electron chi connectivity index (χ1n) is 5.05. The summed E-state index contributed by atoms with van der Waals surface area (Å²) in [4.78, 5) is 2.22. The lowest BCUT2D eigenvalue weighted by molar-refractivity contribution is -0.147. The molecular formula is C10H23NO2. The van der Waals surface area contributed by atoms with E-state index in [0.717, 1.165) is 6.54 Å². The van der Waals surface area contributed by atoms with Gasteiger partial charge in [0.25, 0.3) is 0 Å². The number of nitrogens with zero attached hydrogens (tertiary/aromatic N) is 1. The zero-order valence-corrected chi connectivity index (χ0v) is 9.54. The number of hydrogen-bond donors (Lipinski definition) is 0. The number of hydrogen-bond acceptors (Lipinski definition) is 3. The summed E-state index contributed by atoms with van der Waals surface area (Å²) in [7, 11) is 2.08. The fourth-order valence-electron chi connectivity index (χ4n) is 0.971. The molecule has 0 unspecified atom stereocenters. The third-order valence-electron chi connectivity index (χ3n) is 2.02. The van der Waals surface area contributed by atoms with Crippen molar-refractivity contribution in [1.82, 2.24) is 4.90 Å². The van der Waals surface area contributed by atoms with Gasteiger partial charge >= 0.3 is 0 Å². The average Bonchev–Trinajstić information content (AvgIpc) is 2.05. The van der Waals surface area contributed by atoms with Gasteiger partial charge in [0.2, 0.25) is 0 Å². The van der Waals surface area contributed by atoms with Crippen LogP contribution in [0.4, 0.5) is 0 Å². The predicted molar refractivity (Wildman–Crippen MR) is 54.8 cm³/mol. The third kappa shape index (κ3) is 6.02. The molecule has 0 aromatic heterocycles. The topological polar surface area (TPSA) is 21.7 Å². The van der Waals surface area contributed by atoms with E-state index >= 15 is 0 Å². The molecule has 0 aromatic rings. The van der Waals surface area contributed by atoms with Crippen LogP contribution in [0.2, 0.25) is 0 Å². The van der Waals surface area contributed by atoms with Crippen LogP contribution in [0.25, 0.3) is 0 Å². The summed E-state index contributed by atoms with van der Waals surface area (Å²) in [5, 5.41) is 0. The summed E-state index contributed by atoms with van der Waals surface area (Å²) < 4.78 is 10.9. The van der Waals surface area contributed by atoms with Gasteiger partial charge < -0.3 is 9.47 Å². The van der Waals surface area contributed by atoms with Crippen molar-refractivity contribution in [2.75, 3.05) is 26.8 Å². The molecule has 80 valence electrons. The largest absolute Gasteiger partial charge is 0.352 e. The van der Waals surface area contributed by atoms with Gasteiger partial charge in [-0.15, -0.1) is 0 Å². The maximum atomic E-state index is 5.44. The molecule has 0 rings (SSSR count). The lowest BCUT2D eigenvalue weighted by Gasteiger charge is -2.26. The second-order valence-electron chi connectivity index (χ2n) is 3.37. The van der Waals surface area contributed by atoms with Crippen LogP contribution in [0.3, 0.4) is 0 Å². The minimum Gasteiger partial charge on any atom is -0.352 e. The Labute approximate surface area is 82.0 Å². The lowest BCUT2D eigenvalue weighted by Crippen LogP contribution is -2.37. The predicted octanol–water partition coefficient (Wildman–Crippen LogP) is 1.73. The minimum atomic E-state index is -0.0811. The van der Waals surface area contributed by atoms with Gasteiger partial charge in [0.1, 0.15) is 0 Å². The van der Waals surface area contributed by atoms with E-state index in [4.69, 9.17) is 9.47 Å². The fourth-order valence-corrected chi connectivity index (χ4v) is 0.971. The first-order chi connectivity index (χ1) is 6.11. The molecule has 0 aromatic carbocycles. The Kier molecular flexibility index (Phi) is 7.23. The van der Waals surface area contributed by atoms with Crippen molar-refractivity contribution < 1.29 is 9.47 Å². The Bertz CT molecular complexity index is 111. The third-order valence-corrected chi connectivity index (χ3v) is 2.02. The summed E-state index contributed by atoms with van der Waals surface area (Å²) in [5.41, 5.74) is 0. The maximum absolute atomic E-state index is 5.44. The van der Waals surface area contributed by atoms with E-state index in [2.05, 4.69) is 25.8 Å². The van der Waals surface area contributed by atoms with Crippen molar-refractivity contribution in [2.45, 2.75) is 40.0 Å². The molecule has 0 aliphatic rings. The smallest absolute Gasteiger partial charge is 0.170 e. The highest BCUT2D eigenvalue weighted by Crippen LogP contribution is 2.01. The van der Waals surface area contributed by atoms with Crippen LogP contribution in [0, 0.1) is 0 Å². The van der Waals surface area contributed by atoms with Gasteiger partial charge in [-0.2, -0.15) is 0 Å². The van der Waals surface area contributed by atoms with Crippen LogP contribution in [0.5, 0.6) is 0 Å². The SMILES string of the molecule is CCOC(CN(C)C(C)C)OCC. The van der Waals surface area contributed by atoms with Crippen molar-refractivity contribution >= 4 is 0 Å². The van der Waals surface area contributed by atoms with Crippen LogP contribution in [0.15, 0.2) is 0 Å². The Balaban J connectivity index is 3.78. The monoisotopic (exact) mass is 189 g/mol. The lowest BCUT2D eigenvalue weighted by atomic mass is 10.3. The van der Waals surface area contributed by atoms with Crippen LogP contribution < -0.4 is 0 Å². The highest BCUT2D eigenvalue weighted by molar-refractivity contribution is 4.59. The molecular weight excluding hydrogens is 166 g/mol. The zero-order valence-electron chi connectivity index (χ0n) is 9.54. The van der Waals surface area contributed by atoms with E-state index in [9.17, 15) is 0 Å². The normalized spacial score (nSPS) is 12.0. The molecule has 0 heterocycles. The number of rotatable bonds is 7. The molecule has 13 heavy (non-hydrogen) atoms. The summed E-state index contributed by atoms with van der Waals surface area (Å²) in [5.74, 6) is 0. The van der Waals surface area contributed by atoms with Crippen molar-refractivity contribution in [3.05, 3.63) is 0 Å². The summed E-state index contributed by atoms with van der Waals surface area (Å²) in [6, 6.07) is 0.531. The first-order valence-corrected chi connectivity index (χ1v) is 5.05. The summed E-state index contributed by atoms with van der Waals surface area (Å²) in [6.45, 7) is 10.5. The Morgan fingerprint density at radius 1 is 1.08 bits per heavy atom. The molecule has 0 saturated carbocycles. The van der Waals surface area contributed by atoms with Crippen molar-refractivity contribution in [1.29, 1.82) is 0 Å². The molecule has 3 heteroatoms. The van der Waals surface area contributed by atoms with Gasteiger partial charge in [-0.1, -0.05) is 0 Å². The van der Waals surface area contributed by atoms with Gasteiger partial charge in [0.15, 0.2) is 6.29 Å². The molecule has 0 amide bonds. The van der Waals surface area contributed by atoms with E-state index in [1.165, 1.54) is 0 Å². The molecule has 0 fully saturated rings. The Morgan fingerprint density at radius 2 is 1.54 bits per heavy atom. The highest BCUT2D eigenvalue weighted by Gasteiger charge is 2.12. The van der Waals surface area contributed by atoms with E-state index in [1.54, 1.807) is 0 Å². The average molecular weight is 189 g/mol. The molecule has 0 aliphatic carbocycles. The summed E-state index contributed by atoms with van der Waals surface area (Å²) in [6.07, 6.45) is -0.0811. The van der Waals surface area contributed by atoms with Crippen LogP contribution in [0.1, 0.15) is 27.7 Å². The van der Waals surface area contributed by atoms with Gasteiger partial charge in [-0.05, 0) is 34.7 Å². The summed E-state index contributed by atoms with van der Waals surface area (Å²) >= 11 is 0. The molecule has 3 nitrogen and oxygen atoms in total. The standard InChI is InChI=1S/C10H23NO2/c1-6-12-10(13-7-2)8-11(5)9(3)4/h9-10H,6-8H2,1-5H3. The van der Waals surface area contributed by atoms with E-state index in [-0.39, 0.29) is 6.29 Å². The van der Waals surface area contributed by atoms with Crippen molar-refractivity contribution in [3.63, 3.8) is 0 Å². The van der Waals surface area contributed by atoms with E-state index < -0.39 is 0 Å². The molecule has 0 atom stereocenters. The second kappa shape index (κ2) is 7.30. The molecule has 0 aliphatic heterocycles. The van der Waals surface area contributed by atoms with Gasteiger partial charge in [0, 0.05) is 25.8 Å². The van der Waals surface area contributed by atoms with Gasteiger partial charge in [-0.25, -0.2) is 0 Å². The molecule has 0 radical (unpaired) electrons. The van der Waals surface area contributed by atoms with Crippen LogP contribution in [-0.2, 0) is 9.47 Å². The number of ether oxygens (including phenoxy) is 2. The second-order valence-corrected chi connectivity index (χ2v) is 3.37. The minimum absolute atomic E-state index is 0.0811. The highest BCUT2D eigenvalue weighted by atomic mass is 16.7. The van der Waals surface area contributed by atoms with Gasteiger partial charge in [-0.3, -0.25) is 4.90 Å². The molecule has 0 N–H and O–H groups in total. The quantitative estimate of drug-likeness (QED) is 0.569. The fraction of sp³-hybridized carbons (Fsp3) is 1.00. The molecule has 0 saturated heterocycles. The van der Waals surface area contributed by atoms with E-state index in [0.29, 0.717) is 19.3 Å². The van der Waals surface area contributed by atoms with Crippen LogP contribution in [-0.4, -0.2) is 44.0 Å². The number of likely N-dealkylation sites (N-methyl/N-ethyl adjacent to an activating group) is 1. The van der Waals surface area contributed by atoms with Crippen molar-refractivity contribution in [2.24, 2.45) is 0 Å². The first kappa shape index (κ1) is 12.9. The Hall–Kier alpha value is -0.120. The molecule has 0 spiro atoms. The Morgan fingerprint density at radius 3 is 1.85 bits per heavy atom. The van der Waals surface area contributed by atoms with Gasteiger partial charge in [0.05, 0.1) is 0 Å². The molecule has 0 bridgehead atoms. The van der Waals surface area contributed by atoms with Crippen LogP contribution >= 0.6 is 0 Å². The zero-order chi connectivity index (χ0) is 10.3. The van der Waals surface area contributed by atoms with Crippen molar-refractivity contribution in [3.8, 4) is 0 Å². The van der Waals surface area contributed by atoms with E-state index in [1.807, 2.05) is 13.8 Å². The maximum Gasteiger partial charge on any atom is 0.170 e.